The van der Waals surface area contributed by atoms with E-state index in [1.807, 2.05) is 43.3 Å². The van der Waals surface area contributed by atoms with Crippen molar-refractivity contribution in [2.24, 2.45) is 0 Å². The first kappa shape index (κ1) is 11.0. The third-order valence-corrected chi connectivity index (χ3v) is 3.18. The standard InChI is InChI=1S/C13H11ClN4/c1-8-13(15)18-12(16-8)7-6-11(17-18)9-4-2-3-5-10(9)14/h2-7H,15H2,1H3. The maximum atomic E-state index is 6.16. The maximum absolute atomic E-state index is 6.16. The molecule has 3 rings (SSSR count). The number of nitrogens with two attached hydrogens (primary N) is 1. The molecule has 2 aromatic heterocycles. The average Bonchev–Trinajstić information content (AvgIpc) is 2.66. The molecule has 2 N–H and O–H groups in total. The summed E-state index contributed by atoms with van der Waals surface area (Å²) in [6, 6.07) is 11.4. The van der Waals surface area contributed by atoms with Gasteiger partial charge in [-0.1, -0.05) is 29.8 Å². The van der Waals surface area contributed by atoms with E-state index in [9.17, 15) is 0 Å². The third-order valence-electron chi connectivity index (χ3n) is 2.85. The van der Waals surface area contributed by atoms with Crippen molar-refractivity contribution in [1.29, 1.82) is 0 Å². The Morgan fingerprint density at radius 2 is 1.94 bits per heavy atom. The van der Waals surface area contributed by atoms with Gasteiger partial charge in [-0.25, -0.2) is 4.98 Å². The normalized spacial score (nSPS) is 11.0. The van der Waals surface area contributed by atoms with Crippen LogP contribution in [-0.4, -0.2) is 14.6 Å². The number of hydrogen-bond acceptors (Lipinski definition) is 3. The van der Waals surface area contributed by atoms with Crippen molar-refractivity contribution in [3.63, 3.8) is 0 Å². The molecule has 0 fully saturated rings. The van der Waals surface area contributed by atoms with Gasteiger partial charge in [0.05, 0.1) is 16.4 Å². The zero-order valence-corrected chi connectivity index (χ0v) is 10.5. The molecule has 0 bridgehead atoms. The van der Waals surface area contributed by atoms with E-state index < -0.39 is 0 Å². The van der Waals surface area contributed by atoms with Crippen LogP contribution in [0.2, 0.25) is 5.02 Å². The van der Waals surface area contributed by atoms with Gasteiger partial charge in [0.25, 0.3) is 0 Å². The number of nitrogens with zero attached hydrogens (tertiary/aromatic N) is 3. The Bertz CT molecular complexity index is 733. The highest BCUT2D eigenvalue weighted by molar-refractivity contribution is 6.33. The topological polar surface area (TPSA) is 56.2 Å². The van der Waals surface area contributed by atoms with Crippen molar-refractivity contribution in [2.75, 3.05) is 5.73 Å². The second-order valence-corrected chi connectivity index (χ2v) is 4.46. The highest BCUT2D eigenvalue weighted by atomic mass is 35.5. The number of hydrogen-bond donors (Lipinski definition) is 1. The van der Waals surface area contributed by atoms with Crippen molar-refractivity contribution in [2.45, 2.75) is 6.92 Å². The highest BCUT2D eigenvalue weighted by Gasteiger charge is 2.09. The van der Waals surface area contributed by atoms with Crippen molar-refractivity contribution < 1.29 is 0 Å². The van der Waals surface area contributed by atoms with Crippen LogP contribution in [-0.2, 0) is 0 Å². The number of anilines is 1. The number of benzene rings is 1. The van der Waals surface area contributed by atoms with Gasteiger partial charge in [0.2, 0.25) is 0 Å². The predicted molar refractivity (Wildman–Crippen MR) is 72.6 cm³/mol. The quantitative estimate of drug-likeness (QED) is 0.730. The summed E-state index contributed by atoms with van der Waals surface area (Å²) in [6.07, 6.45) is 0. The number of nitrogen functional groups attached to an aromatic ring is 1. The number of imidazole rings is 1. The Morgan fingerprint density at radius 3 is 2.72 bits per heavy atom. The summed E-state index contributed by atoms with van der Waals surface area (Å²) >= 11 is 6.16. The summed E-state index contributed by atoms with van der Waals surface area (Å²) in [6.45, 7) is 1.86. The summed E-state index contributed by atoms with van der Waals surface area (Å²) in [5, 5.41) is 5.14. The van der Waals surface area contributed by atoms with E-state index in [0.29, 0.717) is 10.8 Å². The van der Waals surface area contributed by atoms with Crippen LogP contribution in [0.4, 0.5) is 5.82 Å². The lowest BCUT2D eigenvalue weighted by molar-refractivity contribution is 0.951. The van der Waals surface area contributed by atoms with Crippen molar-refractivity contribution in [1.82, 2.24) is 14.6 Å². The van der Waals surface area contributed by atoms with Gasteiger partial charge in [-0.2, -0.15) is 9.61 Å². The minimum Gasteiger partial charge on any atom is -0.382 e. The van der Waals surface area contributed by atoms with Gasteiger partial charge in [0.1, 0.15) is 5.82 Å². The lowest BCUT2D eigenvalue weighted by Gasteiger charge is -2.04. The average molecular weight is 259 g/mol. The van der Waals surface area contributed by atoms with Gasteiger partial charge >= 0.3 is 0 Å². The molecular formula is C13H11ClN4. The van der Waals surface area contributed by atoms with Crippen molar-refractivity contribution in [3.8, 4) is 11.3 Å². The fourth-order valence-electron chi connectivity index (χ4n) is 1.87. The molecule has 5 heteroatoms. The van der Waals surface area contributed by atoms with Gasteiger partial charge in [-0.15, -0.1) is 0 Å². The molecule has 90 valence electrons. The second kappa shape index (κ2) is 3.99. The summed E-state index contributed by atoms with van der Waals surface area (Å²) in [5.74, 6) is 0.555. The van der Waals surface area contributed by atoms with E-state index in [1.165, 1.54) is 0 Å². The molecule has 18 heavy (non-hydrogen) atoms. The van der Waals surface area contributed by atoms with Gasteiger partial charge in [0.15, 0.2) is 5.65 Å². The molecule has 4 nitrogen and oxygen atoms in total. The van der Waals surface area contributed by atoms with E-state index in [1.54, 1.807) is 4.52 Å². The molecule has 0 aliphatic carbocycles. The number of aryl methyl sites for hydroxylation is 1. The first-order valence-electron chi connectivity index (χ1n) is 5.53. The third kappa shape index (κ3) is 1.62. The summed E-state index contributed by atoms with van der Waals surface area (Å²) in [5.41, 5.74) is 9.10. The van der Waals surface area contributed by atoms with E-state index in [0.717, 1.165) is 22.6 Å². The van der Waals surface area contributed by atoms with E-state index >= 15 is 0 Å². The van der Waals surface area contributed by atoms with Crippen LogP contribution in [0.25, 0.3) is 16.9 Å². The molecule has 2 heterocycles. The number of fused-ring (bicyclic) bond motifs is 1. The van der Waals surface area contributed by atoms with E-state index in [-0.39, 0.29) is 0 Å². The lowest BCUT2D eigenvalue weighted by Crippen LogP contribution is -1.99. The van der Waals surface area contributed by atoms with Crippen molar-refractivity contribution in [3.05, 3.63) is 47.1 Å². The van der Waals surface area contributed by atoms with E-state index in [2.05, 4.69) is 10.1 Å². The minimum atomic E-state index is 0.555. The van der Waals surface area contributed by atoms with Crippen LogP contribution < -0.4 is 5.73 Å². The molecule has 0 atom stereocenters. The molecule has 0 unspecified atom stereocenters. The molecule has 3 aromatic rings. The number of aromatic nitrogens is 3. The van der Waals surface area contributed by atoms with Gasteiger partial charge < -0.3 is 5.73 Å². The molecule has 0 aliphatic rings. The van der Waals surface area contributed by atoms with Gasteiger partial charge in [0, 0.05) is 5.56 Å². The Hall–Kier alpha value is -2.07. The Balaban J connectivity index is 2.25. The largest absolute Gasteiger partial charge is 0.382 e. The molecule has 0 spiro atoms. The van der Waals surface area contributed by atoms with E-state index in [4.69, 9.17) is 17.3 Å². The molecule has 1 aromatic carbocycles. The van der Waals surface area contributed by atoms with Crippen LogP contribution in [0.3, 0.4) is 0 Å². The number of rotatable bonds is 1. The molecule has 0 saturated carbocycles. The second-order valence-electron chi connectivity index (χ2n) is 4.05. The lowest BCUT2D eigenvalue weighted by atomic mass is 10.1. The number of halogens is 1. The monoisotopic (exact) mass is 258 g/mol. The summed E-state index contributed by atoms with van der Waals surface area (Å²) in [4.78, 5) is 4.31. The molecule has 0 amide bonds. The van der Waals surface area contributed by atoms with Crippen LogP contribution in [0.5, 0.6) is 0 Å². The van der Waals surface area contributed by atoms with Crippen LogP contribution in [0, 0.1) is 6.92 Å². The Morgan fingerprint density at radius 1 is 1.17 bits per heavy atom. The van der Waals surface area contributed by atoms with Gasteiger partial charge in [-0.05, 0) is 25.1 Å². The summed E-state index contributed by atoms with van der Waals surface area (Å²) < 4.78 is 1.63. The SMILES string of the molecule is Cc1nc2ccc(-c3ccccc3Cl)nn2c1N. The van der Waals surface area contributed by atoms with Crippen LogP contribution >= 0.6 is 11.6 Å². The molecular weight excluding hydrogens is 248 g/mol. The highest BCUT2D eigenvalue weighted by Crippen LogP contribution is 2.26. The zero-order valence-electron chi connectivity index (χ0n) is 9.76. The first-order valence-corrected chi connectivity index (χ1v) is 5.91. The van der Waals surface area contributed by atoms with Gasteiger partial charge in [-0.3, -0.25) is 0 Å². The van der Waals surface area contributed by atoms with Crippen LogP contribution in [0.1, 0.15) is 5.69 Å². The van der Waals surface area contributed by atoms with Crippen molar-refractivity contribution >= 4 is 23.1 Å². The molecule has 0 radical (unpaired) electrons. The molecule has 0 saturated heterocycles. The first-order chi connectivity index (χ1) is 8.66. The predicted octanol–water partition coefficient (Wildman–Crippen LogP) is 2.94. The zero-order chi connectivity index (χ0) is 12.7. The minimum absolute atomic E-state index is 0.555. The Kier molecular flexibility index (Phi) is 2.45. The smallest absolute Gasteiger partial charge is 0.156 e. The fraction of sp³-hybridized carbons (Fsp3) is 0.0769. The molecule has 0 aliphatic heterocycles. The fourth-order valence-corrected chi connectivity index (χ4v) is 2.11. The maximum Gasteiger partial charge on any atom is 0.156 e. The Labute approximate surface area is 109 Å². The summed E-state index contributed by atoms with van der Waals surface area (Å²) in [7, 11) is 0. The van der Waals surface area contributed by atoms with Crippen LogP contribution in [0.15, 0.2) is 36.4 Å².